The molecular formula is C11H13IN4O. The van der Waals surface area contributed by atoms with Crippen LogP contribution >= 0.6 is 22.6 Å². The number of anilines is 1. The van der Waals surface area contributed by atoms with Crippen LogP contribution in [-0.2, 0) is 0 Å². The van der Waals surface area contributed by atoms with E-state index in [0.717, 1.165) is 32.1 Å². The average Bonchev–Trinajstić information content (AvgIpc) is 2.62. The Balaban J connectivity index is 2.65. The Morgan fingerprint density at radius 1 is 1.12 bits per heavy atom. The molecule has 0 fully saturated rings. The molecule has 1 N–H and O–H groups in total. The molecule has 0 atom stereocenters. The van der Waals surface area contributed by atoms with E-state index >= 15 is 0 Å². The summed E-state index contributed by atoms with van der Waals surface area (Å²) in [5.74, 6) is 2.22. The maximum Gasteiger partial charge on any atom is 0.167 e. The molecule has 0 aliphatic carbocycles. The molecular weight excluding hydrogens is 331 g/mol. The number of rotatable bonds is 2. The lowest BCUT2D eigenvalue weighted by Crippen LogP contribution is -2.03. The lowest BCUT2D eigenvalue weighted by Gasteiger charge is -2.08. The molecule has 5 nitrogen and oxygen atoms in total. The summed E-state index contributed by atoms with van der Waals surface area (Å²) in [7, 11) is 1.85. The zero-order valence-electron chi connectivity index (χ0n) is 10.1. The number of nitrogens with zero attached hydrogens (tertiary/aromatic N) is 3. The molecule has 6 heteroatoms. The third-order valence-electron chi connectivity index (χ3n) is 2.51. The van der Waals surface area contributed by atoms with Crippen molar-refractivity contribution in [3.05, 3.63) is 20.7 Å². The first-order valence-corrected chi connectivity index (χ1v) is 6.27. The number of aryl methyl sites for hydroxylation is 3. The molecule has 0 aromatic carbocycles. The number of hydrogen-bond donors (Lipinski definition) is 1. The highest BCUT2D eigenvalue weighted by Crippen LogP contribution is 2.27. The Morgan fingerprint density at radius 2 is 1.82 bits per heavy atom. The SMILES string of the molecule is CNc1nc(-c2c(C)noc2C)nc(C)c1I. The van der Waals surface area contributed by atoms with Gasteiger partial charge in [0.15, 0.2) is 5.82 Å². The van der Waals surface area contributed by atoms with E-state index in [1.54, 1.807) is 0 Å². The van der Waals surface area contributed by atoms with E-state index in [2.05, 4.69) is 43.0 Å². The summed E-state index contributed by atoms with van der Waals surface area (Å²) in [6, 6.07) is 0. The fourth-order valence-corrected chi connectivity index (χ4v) is 2.15. The molecule has 2 aromatic rings. The normalized spacial score (nSPS) is 10.6. The van der Waals surface area contributed by atoms with Gasteiger partial charge >= 0.3 is 0 Å². The fraction of sp³-hybridized carbons (Fsp3) is 0.364. The van der Waals surface area contributed by atoms with E-state index in [-0.39, 0.29) is 0 Å². The van der Waals surface area contributed by atoms with Gasteiger partial charge in [0.2, 0.25) is 0 Å². The van der Waals surface area contributed by atoms with Crippen molar-refractivity contribution in [2.45, 2.75) is 20.8 Å². The van der Waals surface area contributed by atoms with Crippen molar-refractivity contribution < 1.29 is 4.52 Å². The smallest absolute Gasteiger partial charge is 0.167 e. The monoisotopic (exact) mass is 344 g/mol. The molecule has 2 aromatic heterocycles. The van der Waals surface area contributed by atoms with Gasteiger partial charge in [-0.05, 0) is 43.4 Å². The van der Waals surface area contributed by atoms with Crippen molar-refractivity contribution in [3.8, 4) is 11.4 Å². The highest BCUT2D eigenvalue weighted by Gasteiger charge is 2.17. The van der Waals surface area contributed by atoms with Crippen molar-refractivity contribution >= 4 is 28.4 Å². The Morgan fingerprint density at radius 3 is 2.35 bits per heavy atom. The van der Waals surface area contributed by atoms with Crippen molar-refractivity contribution in [2.75, 3.05) is 12.4 Å². The first-order chi connectivity index (χ1) is 8.04. The van der Waals surface area contributed by atoms with E-state index in [1.807, 2.05) is 27.8 Å². The summed E-state index contributed by atoms with van der Waals surface area (Å²) >= 11 is 2.23. The zero-order valence-corrected chi connectivity index (χ0v) is 12.3. The summed E-state index contributed by atoms with van der Waals surface area (Å²) in [6.07, 6.45) is 0. The van der Waals surface area contributed by atoms with Gasteiger partial charge in [-0.3, -0.25) is 0 Å². The predicted octanol–water partition coefficient (Wildman–Crippen LogP) is 2.70. The average molecular weight is 344 g/mol. The van der Waals surface area contributed by atoms with Crippen LogP contribution in [0.3, 0.4) is 0 Å². The quantitative estimate of drug-likeness (QED) is 0.849. The minimum Gasteiger partial charge on any atom is -0.372 e. The van der Waals surface area contributed by atoms with Crippen LogP contribution < -0.4 is 5.32 Å². The third-order valence-corrected chi connectivity index (χ3v) is 3.80. The van der Waals surface area contributed by atoms with Crippen molar-refractivity contribution in [1.82, 2.24) is 15.1 Å². The van der Waals surface area contributed by atoms with Crippen LogP contribution in [0.2, 0.25) is 0 Å². The highest BCUT2D eigenvalue weighted by molar-refractivity contribution is 14.1. The Labute approximate surface area is 113 Å². The summed E-state index contributed by atoms with van der Waals surface area (Å²) in [5.41, 5.74) is 2.63. The molecule has 0 spiro atoms. The molecule has 0 radical (unpaired) electrons. The van der Waals surface area contributed by atoms with Crippen molar-refractivity contribution in [2.24, 2.45) is 0 Å². The molecule has 2 heterocycles. The Hall–Kier alpha value is -1.18. The maximum atomic E-state index is 5.14. The Kier molecular flexibility index (Phi) is 3.32. The van der Waals surface area contributed by atoms with Crippen molar-refractivity contribution in [1.29, 1.82) is 0 Å². The predicted molar refractivity (Wildman–Crippen MR) is 74.0 cm³/mol. The third kappa shape index (κ3) is 2.13. The first kappa shape index (κ1) is 12.3. The van der Waals surface area contributed by atoms with Gasteiger partial charge in [0.1, 0.15) is 11.6 Å². The number of hydrogen-bond acceptors (Lipinski definition) is 5. The van der Waals surface area contributed by atoms with Crippen LogP contribution in [0.4, 0.5) is 5.82 Å². The van der Waals surface area contributed by atoms with Gasteiger partial charge in [0, 0.05) is 7.05 Å². The van der Waals surface area contributed by atoms with Crippen LogP contribution in [0.5, 0.6) is 0 Å². The molecule has 0 aliphatic heterocycles. The second-order valence-corrected chi connectivity index (χ2v) is 4.82. The van der Waals surface area contributed by atoms with Crippen LogP contribution in [0, 0.1) is 24.3 Å². The lowest BCUT2D eigenvalue weighted by atomic mass is 10.2. The minimum atomic E-state index is 0.656. The first-order valence-electron chi connectivity index (χ1n) is 5.19. The largest absolute Gasteiger partial charge is 0.372 e. The van der Waals surface area contributed by atoms with Crippen LogP contribution in [0.25, 0.3) is 11.4 Å². The number of halogens is 1. The van der Waals surface area contributed by atoms with E-state index < -0.39 is 0 Å². The van der Waals surface area contributed by atoms with Gasteiger partial charge < -0.3 is 9.84 Å². The van der Waals surface area contributed by atoms with Crippen LogP contribution in [-0.4, -0.2) is 22.2 Å². The molecule has 2 rings (SSSR count). The number of aromatic nitrogens is 3. The van der Waals surface area contributed by atoms with E-state index in [1.165, 1.54) is 0 Å². The molecule has 0 unspecified atom stereocenters. The van der Waals surface area contributed by atoms with Gasteiger partial charge in [-0.25, -0.2) is 9.97 Å². The van der Waals surface area contributed by atoms with Gasteiger partial charge in [0.05, 0.1) is 20.5 Å². The molecule has 0 saturated carbocycles. The van der Waals surface area contributed by atoms with Crippen LogP contribution in [0.15, 0.2) is 4.52 Å². The van der Waals surface area contributed by atoms with Crippen LogP contribution in [0.1, 0.15) is 17.1 Å². The van der Waals surface area contributed by atoms with Gasteiger partial charge in [0.25, 0.3) is 0 Å². The van der Waals surface area contributed by atoms with Gasteiger partial charge in [-0.15, -0.1) is 0 Å². The summed E-state index contributed by atoms with van der Waals surface area (Å²) in [5, 5.41) is 6.99. The fourth-order valence-electron chi connectivity index (χ4n) is 1.64. The molecule has 0 saturated heterocycles. The second kappa shape index (κ2) is 4.59. The maximum absolute atomic E-state index is 5.14. The van der Waals surface area contributed by atoms with E-state index in [0.29, 0.717) is 5.82 Å². The Bertz CT molecular complexity index is 545. The van der Waals surface area contributed by atoms with Gasteiger partial charge in [-0.2, -0.15) is 0 Å². The summed E-state index contributed by atoms with van der Waals surface area (Å²) in [6.45, 7) is 5.72. The van der Waals surface area contributed by atoms with E-state index in [4.69, 9.17) is 4.52 Å². The zero-order chi connectivity index (χ0) is 12.6. The topological polar surface area (TPSA) is 63.8 Å². The second-order valence-electron chi connectivity index (χ2n) is 3.74. The van der Waals surface area contributed by atoms with Crippen molar-refractivity contribution in [3.63, 3.8) is 0 Å². The lowest BCUT2D eigenvalue weighted by molar-refractivity contribution is 0.393. The molecule has 0 aliphatic rings. The summed E-state index contributed by atoms with van der Waals surface area (Å²) < 4.78 is 6.17. The number of nitrogens with one attached hydrogen (secondary N) is 1. The standard InChI is InChI=1S/C11H13IN4O/c1-5-8(7(3)17-16-5)10-14-6(2)9(12)11(13-4)15-10/h1-4H3,(H,13,14,15). The van der Waals surface area contributed by atoms with E-state index in [9.17, 15) is 0 Å². The molecule has 0 bridgehead atoms. The summed E-state index contributed by atoms with van der Waals surface area (Å²) in [4.78, 5) is 8.97. The minimum absolute atomic E-state index is 0.656. The molecule has 0 amide bonds. The van der Waals surface area contributed by atoms with Gasteiger partial charge in [-0.1, -0.05) is 5.16 Å². The molecule has 90 valence electrons. The molecule has 17 heavy (non-hydrogen) atoms. The highest BCUT2D eigenvalue weighted by atomic mass is 127.